The van der Waals surface area contributed by atoms with Gasteiger partial charge < -0.3 is 10.4 Å². The Hall–Kier alpha value is -2.27. The van der Waals surface area contributed by atoms with Gasteiger partial charge in [-0.1, -0.05) is 60.7 Å². The number of carbonyl (C=O) groups excluding carboxylic acids is 1. The zero-order valence-corrected chi connectivity index (χ0v) is 12.7. The molecule has 114 valence electrons. The van der Waals surface area contributed by atoms with Gasteiger partial charge in [0.1, 0.15) is 6.04 Å². The van der Waals surface area contributed by atoms with E-state index < -0.39 is 12.0 Å². The number of amides is 1. The molecule has 0 aromatic heterocycles. The number of benzene rings is 2. The first-order valence-corrected chi connectivity index (χ1v) is 7.91. The van der Waals surface area contributed by atoms with Gasteiger partial charge in [0.2, 0.25) is 6.41 Å². The van der Waals surface area contributed by atoms with Crippen molar-refractivity contribution in [2.24, 2.45) is 0 Å². The van der Waals surface area contributed by atoms with E-state index in [1.807, 2.05) is 60.7 Å². The van der Waals surface area contributed by atoms with Crippen LogP contribution in [0.2, 0.25) is 0 Å². The van der Waals surface area contributed by atoms with Crippen molar-refractivity contribution in [2.75, 3.05) is 5.75 Å². The highest BCUT2D eigenvalue weighted by Gasteiger charge is 2.21. The standard InChI is InChI=1S/C17H17NO3S/c19-12-18-15(17(20)21)11-22-16(13-7-3-1-4-8-13)14-9-5-2-6-10-14/h1-10,12,15-16H,11H2,(H,18,19)(H,20,21)/t15-/m0/s1. The second kappa shape index (κ2) is 8.24. The van der Waals surface area contributed by atoms with Gasteiger partial charge in [-0.2, -0.15) is 0 Å². The maximum atomic E-state index is 11.1. The van der Waals surface area contributed by atoms with Crippen LogP contribution in [0.4, 0.5) is 0 Å². The molecule has 22 heavy (non-hydrogen) atoms. The molecule has 0 saturated heterocycles. The van der Waals surface area contributed by atoms with Crippen molar-refractivity contribution in [3.05, 3.63) is 71.8 Å². The third-order valence-electron chi connectivity index (χ3n) is 3.20. The molecule has 0 bridgehead atoms. The van der Waals surface area contributed by atoms with Crippen LogP contribution in [0.3, 0.4) is 0 Å². The molecule has 5 heteroatoms. The molecule has 0 saturated carbocycles. The molecule has 2 aromatic carbocycles. The number of carboxylic acid groups (broad SMARTS) is 1. The fraction of sp³-hybridized carbons (Fsp3) is 0.176. The molecule has 1 atom stereocenters. The van der Waals surface area contributed by atoms with Crippen molar-refractivity contribution >= 4 is 24.1 Å². The first-order valence-electron chi connectivity index (χ1n) is 6.86. The number of rotatable bonds is 8. The van der Waals surface area contributed by atoms with Gasteiger partial charge in [0.05, 0.1) is 5.25 Å². The third-order valence-corrected chi connectivity index (χ3v) is 4.60. The molecule has 1 amide bonds. The summed E-state index contributed by atoms with van der Waals surface area (Å²) in [5.41, 5.74) is 2.21. The fourth-order valence-electron chi connectivity index (χ4n) is 2.11. The maximum Gasteiger partial charge on any atom is 0.327 e. The van der Waals surface area contributed by atoms with Gasteiger partial charge in [-0.3, -0.25) is 4.79 Å². The molecule has 0 fully saturated rings. The molecule has 0 unspecified atom stereocenters. The number of hydrogen-bond acceptors (Lipinski definition) is 3. The van der Waals surface area contributed by atoms with Crippen molar-refractivity contribution in [3.63, 3.8) is 0 Å². The lowest BCUT2D eigenvalue weighted by atomic mass is 10.0. The lowest BCUT2D eigenvalue weighted by Gasteiger charge is -2.20. The smallest absolute Gasteiger partial charge is 0.327 e. The molecule has 0 heterocycles. The van der Waals surface area contributed by atoms with Gasteiger partial charge in [0, 0.05) is 5.75 Å². The Kier molecular flexibility index (Phi) is 6.03. The van der Waals surface area contributed by atoms with E-state index >= 15 is 0 Å². The van der Waals surface area contributed by atoms with Crippen molar-refractivity contribution < 1.29 is 14.7 Å². The monoisotopic (exact) mass is 315 g/mol. The van der Waals surface area contributed by atoms with E-state index in [2.05, 4.69) is 5.32 Å². The second-order valence-corrected chi connectivity index (χ2v) is 5.85. The molecule has 0 spiro atoms. The Morgan fingerprint density at radius 3 is 1.95 bits per heavy atom. The molecule has 0 aliphatic heterocycles. The lowest BCUT2D eigenvalue weighted by molar-refractivity contribution is -0.139. The molecule has 4 nitrogen and oxygen atoms in total. The Morgan fingerprint density at radius 2 is 1.55 bits per heavy atom. The molecule has 0 aliphatic rings. The Labute approximate surface area is 133 Å². The van der Waals surface area contributed by atoms with E-state index in [1.54, 1.807) is 0 Å². The summed E-state index contributed by atoms with van der Waals surface area (Å²) in [6.45, 7) is 0. The normalized spacial score (nSPS) is 11.9. The average molecular weight is 315 g/mol. The largest absolute Gasteiger partial charge is 0.480 e. The lowest BCUT2D eigenvalue weighted by Crippen LogP contribution is -2.38. The summed E-state index contributed by atoms with van der Waals surface area (Å²) in [5.74, 6) is -0.734. The summed E-state index contributed by atoms with van der Waals surface area (Å²) in [5, 5.41) is 11.5. The van der Waals surface area contributed by atoms with Crippen LogP contribution in [-0.2, 0) is 9.59 Å². The number of thioether (sulfide) groups is 1. The van der Waals surface area contributed by atoms with Gasteiger partial charge in [-0.15, -0.1) is 11.8 Å². The van der Waals surface area contributed by atoms with Crippen LogP contribution in [0.25, 0.3) is 0 Å². The van der Waals surface area contributed by atoms with E-state index in [9.17, 15) is 9.59 Å². The molecule has 2 aromatic rings. The van der Waals surface area contributed by atoms with Crippen LogP contribution in [0.1, 0.15) is 16.4 Å². The topological polar surface area (TPSA) is 66.4 Å². The fourth-order valence-corrected chi connectivity index (χ4v) is 3.43. The first-order chi connectivity index (χ1) is 10.7. The van der Waals surface area contributed by atoms with Crippen molar-refractivity contribution in [2.45, 2.75) is 11.3 Å². The van der Waals surface area contributed by atoms with Crippen molar-refractivity contribution in [1.29, 1.82) is 0 Å². The number of nitrogens with one attached hydrogen (secondary N) is 1. The van der Waals surface area contributed by atoms with E-state index in [-0.39, 0.29) is 5.25 Å². The minimum atomic E-state index is -1.03. The molecular weight excluding hydrogens is 298 g/mol. The van der Waals surface area contributed by atoms with Gasteiger partial charge in [0.15, 0.2) is 0 Å². The van der Waals surface area contributed by atoms with E-state index in [0.29, 0.717) is 12.2 Å². The molecular formula is C17H17NO3S. The Morgan fingerprint density at radius 1 is 1.05 bits per heavy atom. The average Bonchev–Trinajstić information content (AvgIpc) is 2.56. The Balaban J connectivity index is 2.19. The highest BCUT2D eigenvalue weighted by atomic mass is 32.2. The van der Waals surface area contributed by atoms with Crippen LogP contribution < -0.4 is 5.32 Å². The summed E-state index contributed by atoms with van der Waals surface area (Å²) in [6, 6.07) is 18.9. The first kappa shape index (κ1) is 16.1. The number of hydrogen-bond donors (Lipinski definition) is 2. The van der Waals surface area contributed by atoms with Crippen molar-refractivity contribution in [1.82, 2.24) is 5.32 Å². The van der Waals surface area contributed by atoms with Crippen LogP contribution in [-0.4, -0.2) is 29.3 Å². The summed E-state index contributed by atoms with van der Waals surface area (Å²) in [4.78, 5) is 21.7. The van der Waals surface area contributed by atoms with Crippen LogP contribution in [0.15, 0.2) is 60.7 Å². The highest BCUT2D eigenvalue weighted by Crippen LogP contribution is 2.35. The summed E-state index contributed by atoms with van der Waals surface area (Å²) >= 11 is 1.50. The minimum absolute atomic E-state index is 0.0257. The third kappa shape index (κ3) is 4.36. The van der Waals surface area contributed by atoms with E-state index in [1.165, 1.54) is 11.8 Å². The zero-order valence-electron chi connectivity index (χ0n) is 11.9. The van der Waals surface area contributed by atoms with Crippen LogP contribution >= 0.6 is 11.8 Å². The van der Waals surface area contributed by atoms with E-state index in [0.717, 1.165) is 11.1 Å². The van der Waals surface area contributed by atoms with Gasteiger partial charge in [0.25, 0.3) is 0 Å². The summed E-state index contributed by atoms with van der Waals surface area (Å²) < 4.78 is 0. The Bertz CT molecular complexity index is 564. The van der Waals surface area contributed by atoms with Gasteiger partial charge in [-0.25, -0.2) is 4.79 Å². The quantitative estimate of drug-likeness (QED) is 0.735. The number of carbonyl (C=O) groups is 2. The van der Waals surface area contributed by atoms with Crippen LogP contribution in [0, 0.1) is 0 Å². The van der Waals surface area contributed by atoms with Gasteiger partial charge >= 0.3 is 5.97 Å². The highest BCUT2D eigenvalue weighted by molar-refractivity contribution is 7.99. The number of carboxylic acids is 1. The molecule has 2 N–H and O–H groups in total. The second-order valence-electron chi connectivity index (χ2n) is 4.71. The maximum absolute atomic E-state index is 11.1. The minimum Gasteiger partial charge on any atom is -0.480 e. The van der Waals surface area contributed by atoms with Gasteiger partial charge in [-0.05, 0) is 11.1 Å². The number of aliphatic carboxylic acids is 1. The molecule has 0 radical (unpaired) electrons. The van der Waals surface area contributed by atoms with Crippen molar-refractivity contribution in [3.8, 4) is 0 Å². The molecule has 2 rings (SSSR count). The predicted octanol–water partition coefficient (Wildman–Crippen LogP) is 2.71. The molecule has 0 aliphatic carbocycles. The van der Waals surface area contributed by atoms with E-state index in [4.69, 9.17) is 5.11 Å². The predicted molar refractivity (Wildman–Crippen MR) is 87.8 cm³/mol. The summed E-state index contributed by atoms with van der Waals surface area (Å²) in [6.07, 6.45) is 0.430. The zero-order chi connectivity index (χ0) is 15.8. The van der Waals surface area contributed by atoms with Crippen LogP contribution in [0.5, 0.6) is 0 Å². The SMILES string of the molecule is O=CN[C@@H](CSC(c1ccccc1)c1ccccc1)C(=O)O. The summed E-state index contributed by atoms with van der Waals surface area (Å²) in [7, 11) is 0.